The van der Waals surface area contributed by atoms with E-state index in [-0.39, 0.29) is 17.3 Å². The number of rotatable bonds is 5. The molecule has 0 saturated heterocycles. The summed E-state index contributed by atoms with van der Waals surface area (Å²) in [6, 6.07) is 9.11. The first-order valence-corrected chi connectivity index (χ1v) is 9.36. The number of para-hydroxylation sites is 1. The van der Waals surface area contributed by atoms with Crippen LogP contribution in [-0.2, 0) is 18.3 Å². The Bertz CT molecular complexity index is 1260. The second-order valence-corrected chi connectivity index (χ2v) is 6.67. The van der Waals surface area contributed by atoms with E-state index in [1.54, 1.807) is 27.8 Å². The summed E-state index contributed by atoms with van der Waals surface area (Å²) in [4.78, 5) is 30.0. The highest BCUT2D eigenvalue weighted by atomic mass is 16.5. The highest BCUT2D eigenvalue weighted by Crippen LogP contribution is 2.26. The van der Waals surface area contributed by atoms with Gasteiger partial charge in [0.15, 0.2) is 5.69 Å². The van der Waals surface area contributed by atoms with Crippen LogP contribution in [0.4, 0.5) is 5.69 Å². The minimum Gasteiger partial charge on any atom is -0.464 e. The number of fused-ring (bicyclic) bond motifs is 1. The van der Waals surface area contributed by atoms with Crippen LogP contribution in [0.5, 0.6) is 0 Å². The number of benzene rings is 1. The van der Waals surface area contributed by atoms with Crippen LogP contribution >= 0.6 is 0 Å². The maximum absolute atomic E-state index is 13.2. The fourth-order valence-electron chi connectivity index (χ4n) is 3.18. The van der Waals surface area contributed by atoms with Crippen molar-refractivity contribution in [2.75, 3.05) is 12.4 Å². The lowest BCUT2D eigenvalue weighted by Gasteiger charge is -2.09. The number of nitrogens with one attached hydrogen (secondary N) is 1. The zero-order chi connectivity index (χ0) is 21.3. The molecule has 1 aromatic carbocycles. The maximum Gasteiger partial charge on any atom is 0.360 e. The Hall–Kier alpha value is -4.01. The van der Waals surface area contributed by atoms with Gasteiger partial charge in [-0.25, -0.2) is 9.78 Å². The van der Waals surface area contributed by atoms with Crippen molar-refractivity contribution in [2.24, 2.45) is 7.05 Å². The third-order valence-electron chi connectivity index (χ3n) is 4.67. The number of hydrogen-bond acceptors (Lipinski definition) is 6. The van der Waals surface area contributed by atoms with Gasteiger partial charge in [0, 0.05) is 36.9 Å². The molecule has 0 aliphatic heterocycles. The summed E-state index contributed by atoms with van der Waals surface area (Å²) in [6.45, 7) is 2.43. The number of esters is 1. The van der Waals surface area contributed by atoms with Gasteiger partial charge < -0.3 is 10.1 Å². The molecule has 0 aliphatic rings. The Morgan fingerprint density at radius 3 is 2.70 bits per heavy atom. The van der Waals surface area contributed by atoms with E-state index in [2.05, 4.69) is 20.5 Å². The van der Waals surface area contributed by atoms with Crippen LogP contribution in [-0.4, -0.2) is 43.5 Å². The summed E-state index contributed by atoms with van der Waals surface area (Å²) in [5.41, 5.74) is 2.88. The zero-order valence-electron chi connectivity index (χ0n) is 16.8. The Labute approximate surface area is 172 Å². The third-order valence-corrected chi connectivity index (χ3v) is 4.67. The number of carbonyl (C=O) groups excluding carboxylic acids is 2. The quantitative estimate of drug-likeness (QED) is 0.513. The molecule has 3 heterocycles. The second kappa shape index (κ2) is 7.78. The van der Waals surface area contributed by atoms with E-state index in [9.17, 15) is 9.59 Å². The van der Waals surface area contributed by atoms with Crippen LogP contribution in [0.25, 0.3) is 22.2 Å². The molecule has 30 heavy (non-hydrogen) atoms. The average Bonchev–Trinajstić information content (AvgIpc) is 3.38. The van der Waals surface area contributed by atoms with E-state index in [4.69, 9.17) is 4.74 Å². The first kappa shape index (κ1) is 19.3. The number of carbonyl (C=O) groups is 2. The molecular formula is C21H20N6O3. The van der Waals surface area contributed by atoms with E-state index >= 15 is 0 Å². The lowest BCUT2D eigenvalue weighted by molar-refractivity contribution is 0.0594. The zero-order valence-corrected chi connectivity index (χ0v) is 16.8. The summed E-state index contributed by atoms with van der Waals surface area (Å²) in [7, 11) is 3.09. The van der Waals surface area contributed by atoms with Gasteiger partial charge in [-0.05, 0) is 19.1 Å². The number of nitrogens with zero attached hydrogens (tertiary/aromatic N) is 5. The molecule has 9 heteroatoms. The van der Waals surface area contributed by atoms with Crippen LogP contribution < -0.4 is 5.32 Å². The minimum absolute atomic E-state index is 0.0542. The first-order chi connectivity index (χ1) is 14.5. The van der Waals surface area contributed by atoms with Gasteiger partial charge in [0.2, 0.25) is 0 Å². The number of methoxy groups -OCH3 is 1. The molecule has 0 aliphatic carbocycles. The first-order valence-electron chi connectivity index (χ1n) is 9.36. The van der Waals surface area contributed by atoms with Crippen LogP contribution in [0.15, 0.2) is 48.9 Å². The topological polar surface area (TPSA) is 104 Å². The summed E-state index contributed by atoms with van der Waals surface area (Å²) >= 11 is 0. The summed E-state index contributed by atoms with van der Waals surface area (Å²) < 4.78 is 8.02. The highest BCUT2D eigenvalue weighted by Gasteiger charge is 2.21. The Kier molecular flexibility index (Phi) is 5.01. The molecule has 0 spiro atoms. The maximum atomic E-state index is 13.2. The number of anilines is 1. The SMILES string of the molecule is CCn1cc(NC(=O)c2cc(-c3cnn(C)c3)nc3ccccc23)c(C(=O)OC)n1. The fourth-order valence-corrected chi connectivity index (χ4v) is 3.18. The lowest BCUT2D eigenvalue weighted by atomic mass is 10.0. The van der Waals surface area contributed by atoms with Crippen molar-refractivity contribution in [3.05, 3.63) is 60.2 Å². The van der Waals surface area contributed by atoms with Gasteiger partial charge in [-0.1, -0.05) is 18.2 Å². The summed E-state index contributed by atoms with van der Waals surface area (Å²) in [6.07, 6.45) is 5.13. The van der Waals surface area contributed by atoms with Crippen LogP contribution in [0.3, 0.4) is 0 Å². The molecule has 0 unspecified atom stereocenters. The molecule has 0 fully saturated rings. The standard InChI is InChI=1S/C21H20N6O3/c1-4-27-12-18(19(25-27)21(29)30-3)24-20(28)15-9-17(13-10-22-26(2)11-13)23-16-8-6-5-7-14(15)16/h5-12H,4H2,1-3H3,(H,24,28). The predicted molar refractivity (Wildman–Crippen MR) is 111 cm³/mol. The predicted octanol–water partition coefficient (Wildman–Crippen LogP) is 2.89. The van der Waals surface area contributed by atoms with Crippen LogP contribution in [0.1, 0.15) is 27.8 Å². The van der Waals surface area contributed by atoms with E-state index in [0.29, 0.717) is 28.7 Å². The van der Waals surface area contributed by atoms with E-state index in [1.807, 2.05) is 44.4 Å². The third kappa shape index (κ3) is 3.52. The van der Waals surface area contributed by atoms with Crippen molar-refractivity contribution in [1.29, 1.82) is 0 Å². The van der Waals surface area contributed by atoms with Gasteiger partial charge in [0.1, 0.15) is 0 Å². The molecule has 1 amide bonds. The molecule has 9 nitrogen and oxygen atoms in total. The largest absolute Gasteiger partial charge is 0.464 e. The molecule has 1 N–H and O–H groups in total. The molecule has 152 valence electrons. The molecule has 3 aromatic heterocycles. The number of hydrogen-bond donors (Lipinski definition) is 1. The highest BCUT2D eigenvalue weighted by molar-refractivity contribution is 6.14. The van der Waals surface area contributed by atoms with E-state index in [0.717, 1.165) is 5.56 Å². The fraction of sp³-hybridized carbons (Fsp3) is 0.190. The van der Waals surface area contributed by atoms with Crippen molar-refractivity contribution in [2.45, 2.75) is 13.5 Å². The van der Waals surface area contributed by atoms with Crippen molar-refractivity contribution in [3.63, 3.8) is 0 Å². The normalized spacial score (nSPS) is 10.9. The van der Waals surface area contributed by atoms with Gasteiger partial charge in [0.05, 0.1) is 35.8 Å². The molecule has 0 atom stereocenters. The Morgan fingerprint density at radius 2 is 2.00 bits per heavy atom. The number of amides is 1. The van der Waals surface area contributed by atoms with Gasteiger partial charge >= 0.3 is 5.97 Å². The smallest absolute Gasteiger partial charge is 0.360 e. The second-order valence-electron chi connectivity index (χ2n) is 6.67. The molecule has 0 radical (unpaired) electrons. The minimum atomic E-state index is -0.617. The Balaban J connectivity index is 1.78. The van der Waals surface area contributed by atoms with E-state index in [1.165, 1.54) is 7.11 Å². The van der Waals surface area contributed by atoms with Crippen molar-refractivity contribution >= 4 is 28.5 Å². The summed E-state index contributed by atoms with van der Waals surface area (Å²) in [5.74, 6) is -0.993. The van der Waals surface area contributed by atoms with Crippen molar-refractivity contribution in [1.82, 2.24) is 24.5 Å². The molecule has 0 bridgehead atoms. The van der Waals surface area contributed by atoms with Gasteiger partial charge in [-0.2, -0.15) is 10.2 Å². The van der Waals surface area contributed by atoms with Crippen molar-refractivity contribution < 1.29 is 14.3 Å². The number of pyridine rings is 1. The number of aromatic nitrogens is 5. The summed E-state index contributed by atoms with van der Waals surface area (Å²) in [5, 5.41) is 11.9. The van der Waals surface area contributed by atoms with E-state index < -0.39 is 5.97 Å². The number of aryl methyl sites for hydroxylation is 2. The van der Waals surface area contributed by atoms with Gasteiger partial charge in [-0.3, -0.25) is 14.2 Å². The monoisotopic (exact) mass is 404 g/mol. The lowest BCUT2D eigenvalue weighted by Crippen LogP contribution is -2.15. The van der Waals surface area contributed by atoms with Gasteiger partial charge in [-0.15, -0.1) is 0 Å². The van der Waals surface area contributed by atoms with Gasteiger partial charge in [0.25, 0.3) is 5.91 Å². The Morgan fingerprint density at radius 1 is 1.20 bits per heavy atom. The molecule has 4 aromatic rings. The molecular weight excluding hydrogens is 384 g/mol. The van der Waals surface area contributed by atoms with Crippen LogP contribution in [0.2, 0.25) is 0 Å². The molecule has 4 rings (SSSR count). The number of ether oxygens (including phenoxy) is 1. The van der Waals surface area contributed by atoms with Crippen molar-refractivity contribution in [3.8, 4) is 11.3 Å². The molecule has 0 saturated carbocycles. The average molecular weight is 404 g/mol. The van der Waals surface area contributed by atoms with Crippen LogP contribution in [0, 0.1) is 0 Å².